The van der Waals surface area contributed by atoms with Crippen molar-refractivity contribution in [3.05, 3.63) is 0 Å². The van der Waals surface area contributed by atoms with Gasteiger partial charge < -0.3 is 16.0 Å². The Hall–Kier alpha value is -0.610. The van der Waals surface area contributed by atoms with Crippen LogP contribution in [-0.2, 0) is 4.79 Å². The maximum atomic E-state index is 12.9. The van der Waals surface area contributed by atoms with E-state index in [1.54, 1.807) is 0 Å². The number of carbonyl (C=O) groups is 1. The van der Waals surface area contributed by atoms with E-state index >= 15 is 0 Å². The van der Waals surface area contributed by atoms with Crippen molar-refractivity contribution in [2.24, 2.45) is 11.7 Å². The van der Waals surface area contributed by atoms with Crippen LogP contribution in [0.1, 0.15) is 90.4 Å². The summed E-state index contributed by atoms with van der Waals surface area (Å²) in [6.45, 7) is 4.44. The molecule has 2 aliphatic carbocycles. The molecule has 0 heterocycles. The van der Waals surface area contributed by atoms with Crippen LogP contribution < -0.4 is 11.1 Å². The summed E-state index contributed by atoms with van der Waals surface area (Å²) in [5.41, 5.74) is 5.69. The topological polar surface area (TPSA) is 58.4 Å². The van der Waals surface area contributed by atoms with Crippen LogP contribution in [0.15, 0.2) is 0 Å². The first-order valence-corrected chi connectivity index (χ1v) is 11.0. The van der Waals surface area contributed by atoms with Crippen LogP contribution in [0.5, 0.6) is 0 Å². The van der Waals surface area contributed by atoms with Crippen molar-refractivity contribution in [2.45, 2.75) is 102 Å². The molecule has 2 rings (SSSR count). The lowest BCUT2D eigenvalue weighted by molar-refractivity contribution is -0.133. The summed E-state index contributed by atoms with van der Waals surface area (Å²) < 4.78 is 0. The second kappa shape index (κ2) is 11.9. The molecule has 0 aromatic rings. The summed E-state index contributed by atoms with van der Waals surface area (Å²) in [7, 11) is 0. The summed E-state index contributed by atoms with van der Waals surface area (Å²) in [5.74, 6) is 1.18. The zero-order chi connectivity index (χ0) is 17.9. The fraction of sp³-hybridized carbons (Fsp3) is 0.952. The summed E-state index contributed by atoms with van der Waals surface area (Å²) in [6, 6.07) is 0.474. The molecule has 0 aromatic carbocycles. The van der Waals surface area contributed by atoms with Crippen LogP contribution in [0.2, 0.25) is 0 Å². The van der Waals surface area contributed by atoms with Gasteiger partial charge in [-0.15, -0.1) is 0 Å². The van der Waals surface area contributed by atoms with Crippen molar-refractivity contribution in [1.29, 1.82) is 0 Å². The largest absolute Gasteiger partial charge is 0.341 e. The van der Waals surface area contributed by atoms with E-state index in [0.29, 0.717) is 12.6 Å². The molecule has 0 aromatic heterocycles. The third-order valence-electron chi connectivity index (χ3n) is 6.17. The molecule has 3 N–H and O–H groups in total. The minimum absolute atomic E-state index is 0.0597. The fourth-order valence-electron chi connectivity index (χ4n) is 4.63. The molecule has 146 valence electrons. The first-order valence-electron chi connectivity index (χ1n) is 11.0. The average Bonchev–Trinajstić information content (AvgIpc) is 2.65. The van der Waals surface area contributed by atoms with Gasteiger partial charge in [0.15, 0.2) is 0 Å². The quantitative estimate of drug-likeness (QED) is 0.629. The molecule has 0 spiro atoms. The van der Waals surface area contributed by atoms with Gasteiger partial charge in [-0.1, -0.05) is 51.4 Å². The summed E-state index contributed by atoms with van der Waals surface area (Å²) in [6.07, 6.45) is 16.8. The second-order valence-electron chi connectivity index (χ2n) is 8.34. The van der Waals surface area contributed by atoms with Crippen molar-refractivity contribution in [2.75, 3.05) is 19.6 Å². The lowest BCUT2D eigenvalue weighted by Gasteiger charge is -2.31. The number of hydrogen-bond donors (Lipinski definition) is 2. The van der Waals surface area contributed by atoms with Gasteiger partial charge in [-0.3, -0.25) is 4.79 Å². The van der Waals surface area contributed by atoms with E-state index in [1.165, 1.54) is 70.6 Å². The zero-order valence-electron chi connectivity index (χ0n) is 16.5. The number of nitrogens with zero attached hydrogens (tertiary/aromatic N) is 1. The molecule has 4 heteroatoms. The first kappa shape index (κ1) is 20.7. The maximum absolute atomic E-state index is 12.9. The Labute approximate surface area is 155 Å². The molecule has 0 radical (unpaired) electrons. The van der Waals surface area contributed by atoms with Crippen molar-refractivity contribution in [3.8, 4) is 0 Å². The van der Waals surface area contributed by atoms with Gasteiger partial charge >= 0.3 is 0 Å². The molecule has 2 saturated carbocycles. The highest BCUT2D eigenvalue weighted by atomic mass is 16.2. The van der Waals surface area contributed by atoms with Crippen molar-refractivity contribution < 1.29 is 4.79 Å². The molecule has 0 unspecified atom stereocenters. The Morgan fingerprint density at radius 3 is 2.24 bits per heavy atom. The predicted molar refractivity (Wildman–Crippen MR) is 106 cm³/mol. The standard InChI is InChI=1S/C21H41N3O/c1-18(23-20-13-6-3-7-14-20)21(25)24(17-9-15-22)16-8-12-19-10-4-2-5-11-19/h18-20,23H,2-17,22H2,1H3/t18-/m0/s1. The Bertz CT molecular complexity index is 362. The summed E-state index contributed by atoms with van der Waals surface area (Å²) in [4.78, 5) is 15.0. The van der Waals surface area contributed by atoms with Gasteiger partial charge in [-0.25, -0.2) is 0 Å². The lowest BCUT2D eigenvalue weighted by atomic mass is 9.86. The van der Waals surface area contributed by atoms with E-state index in [9.17, 15) is 4.79 Å². The van der Waals surface area contributed by atoms with Crippen LogP contribution in [0, 0.1) is 5.92 Å². The van der Waals surface area contributed by atoms with E-state index in [1.807, 2.05) is 6.92 Å². The number of amides is 1. The Kier molecular flexibility index (Phi) is 9.85. The van der Waals surface area contributed by atoms with Crippen molar-refractivity contribution >= 4 is 5.91 Å². The van der Waals surface area contributed by atoms with Gasteiger partial charge in [0.1, 0.15) is 0 Å². The zero-order valence-corrected chi connectivity index (χ0v) is 16.5. The lowest BCUT2D eigenvalue weighted by Crippen LogP contribution is -2.49. The summed E-state index contributed by atoms with van der Waals surface area (Å²) >= 11 is 0. The van der Waals surface area contributed by atoms with Gasteiger partial charge in [-0.05, 0) is 51.5 Å². The van der Waals surface area contributed by atoms with Crippen molar-refractivity contribution in [1.82, 2.24) is 10.2 Å². The molecule has 0 saturated heterocycles. The maximum Gasteiger partial charge on any atom is 0.239 e. The van der Waals surface area contributed by atoms with Gasteiger partial charge in [0.25, 0.3) is 0 Å². The molecule has 0 bridgehead atoms. The Morgan fingerprint density at radius 1 is 1.00 bits per heavy atom. The van der Waals surface area contributed by atoms with Crippen LogP contribution in [0.3, 0.4) is 0 Å². The van der Waals surface area contributed by atoms with Crippen LogP contribution in [0.4, 0.5) is 0 Å². The van der Waals surface area contributed by atoms with Gasteiger partial charge in [0, 0.05) is 19.1 Å². The normalized spacial score (nSPS) is 21.2. The van der Waals surface area contributed by atoms with Gasteiger partial charge in [0.2, 0.25) is 5.91 Å². The Balaban J connectivity index is 1.76. The molecule has 2 aliphatic rings. The fourth-order valence-corrected chi connectivity index (χ4v) is 4.63. The highest BCUT2D eigenvalue weighted by Crippen LogP contribution is 2.27. The van der Waals surface area contributed by atoms with E-state index < -0.39 is 0 Å². The third-order valence-corrected chi connectivity index (χ3v) is 6.17. The highest BCUT2D eigenvalue weighted by Gasteiger charge is 2.24. The number of nitrogens with one attached hydrogen (secondary N) is 1. The summed E-state index contributed by atoms with van der Waals surface area (Å²) in [5, 5.41) is 3.59. The Morgan fingerprint density at radius 2 is 1.60 bits per heavy atom. The molecule has 25 heavy (non-hydrogen) atoms. The molecular weight excluding hydrogens is 310 g/mol. The molecule has 1 amide bonds. The van der Waals surface area contributed by atoms with Crippen LogP contribution in [0.25, 0.3) is 0 Å². The second-order valence-corrected chi connectivity index (χ2v) is 8.34. The van der Waals surface area contributed by atoms with Gasteiger partial charge in [-0.2, -0.15) is 0 Å². The number of nitrogens with two attached hydrogens (primary N) is 1. The number of rotatable bonds is 10. The first-order chi connectivity index (χ1) is 12.2. The van der Waals surface area contributed by atoms with E-state index in [0.717, 1.165) is 31.8 Å². The smallest absolute Gasteiger partial charge is 0.239 e. The predicted octanol–water partition coefficient (Wildman–Crippen LogP) is 3.84. The number of hydrogen-bond acceptors (Lipinski definition) is 3. The monoisotopic (exact) mass is 351 g/mol. The molecule has 2 fully saturated rings. The van der Waals surface area contributed by atoms with E-state index in [4.69, 9.17) is 5.73 Å². The van der Waals surface area contributed by atoms with E-state index in [-0.39, 0.29) is 11.9 Å². The minimum Gasteiger partial charge on any atom is -0.341 e. The molecule has 1 atom stereocenters. The SMILES string of the molecule is C[C@H](NC1CCCCC1)C(=O)N(CCCN)CCCC1CCCCC1. The number of carbonyl (C=O) groups excluding carboxylic acids is 1. The third kappa shape index (κ3) is 7.65. The minimum atomic E-state index is -0.0597. The molecular formula is C21H41N3O. The van der Waals surface area contributed by atoms with Crippen molar-refractivity contribution in [3.63, 3.8) is 0 Å². The molecule has 4 nitrogen and oxygen atoms in total. The van der Waals surface area contributed by atoms with Gasteiger partial charge in [0.05, 0.1) is 6.04 Å². The van der Waals surface area contributed by atoms with Crippen LogP contribution in [-0.4, -0.2) is 42.5 Å². The molecule has 0 aliphatic heterocycles. The average molecular weight is 352 g/mol. The van der Waals surface area contributed by atoms with Crippen LogP contribution >= 0.6 is 0 Å². The van der Waals surface area contributed by atoms with E-state index in [2.05, 4.69) is 10.2 Å². The highest BCUT2D eigenvalue weighted by molar-refractivity contribution is 5.81.